The van der Waals surface area contributed by atoms with Crippen molar-refractivity contribution >= 4 is 34.5 Å². The third-order valence-corrected chi connectivity index (χ3v) is 5.57. The van der Waals surface area contributed by atoms with E-state index in [1.165, 1.54) is 6.08 Å². The minimum atomic E-state index is -1.46. The fourth-order valence-electron chi connectivity index (χ4n) is 4.09. The Morgan fingerprint density at radius 1 is 0.882 bits per heavy atom. The Morgan fingerprint density at radius 3 is 2.00 bits per heavy atom. The van der Waals surface area contributed by atoms with Crippen molar-refractivity contribution in [3.8, 4) is 0 Å². The molecule has 0 amide bonds. The number of carbonyl (C=O) groups is 2. The highest BCUT2D eigenvalue weighted by Gasteiger charge is 2.24. The van der Waals surface area contributed by atoms with Gasteiger partial charge < -0.3 is 19.2 Å². The lowest BCUT2D eigenvalue weighted by Crippen LogP contribution is -2.28. The van der Waals surface area contributed by atoms with Crippen molar-refractivity contribution in [2.24, 2.45) is 7.05 Å². The van der Waals surface area contributed by atoms with Gasteiger partial charge in [0, 0.05) is 40.9 Å². The van der Waals surface area contributed by atoms with Gasteiger partial charge in [0.05, 0.1) is 18.1 Å². The van der Waals surface area contributed by atoms with Gasteiger partial charge in [-0.2, -0.15) is 0 Å². The number of hydrogen-bond donors (Lipinski definition) is 0. The lowest BCUT2D eigenvalue weighted by molar-refractivity contribution is -0.298. The van der Waals surface area contributed by atoms with E-state index in [1.54, 1.807) is 6.92 Å². The second-order valence-electron chi connectivity index (χ2n) is 7.76. The average Bonchev–Trinajstić information content (AvgIpc) is 3.17. The zero-order valence-electron chi connectivity index (χ0n) is 19.0. The smallest absolute Gasteiger partial charge is 0.339 e. The van der Waals surface area contributed by atoms with Gasteiger partial charge in [-0.15, -0.1) is 0 Å². The molecular formula is C29H24NO4-. The van der Waals surface area contributed by atoms with E-state index >= 15 is 0 Å². The van der Waals surface area contributed by atoms with Crippen molar-refractivity contribution in [1.29, 1.82) is 0 Å². The standard InChI is InChI=1S/C29H25NO4/c1-3-34-29(33)27(26(20-12-6-4-7-13-20)21-14-8-5-9-15-21)24(28(31)32)18-22-19-30(2)25-17-11-10-16-23(22)25/h4-19H,3H2,1-2H3,(H,31,32)/p-1/b24-18-. The van der Waals surface area contributed by atoms with Gasteiger partial charge in [-0.1, -0.05) is 78.9 Å². The van der Waals surface area contributed by atoms with Gasteiger partial charge in [0.15, 0.2) is 0 Å². The van der Waals surface area contributed by atoms with Crippen LogP contribution in [-0.2, 0) is 21.4 Å². The molecule has 3 aromatic carbocycles. The average molecular weight is 451 g/mol. The normalized spacial score (nSPS) is 11.3. The fourth-order valence-corrected chi connectivity index (χ4v) is 4.09. The van der Waals surface area contributed by atoms with E-state index in [4.69, 9.17) is 4.74 Å². The van der Waals surface area contributed by atoms with E-state index in [0.29, 0.717) is 22.3 Å². The summed E-state index contributed by atoms with van der Waals surface area (Å²) < 4.78 is 7.27. The molecule has 170 valence electrons. The molecule has 0 aliphatic carbocycles. The van der Waals surface area contributed by atoms with Crippen LogP contribution in [0.25, 0.3) is 22.6 Å². The molecule has 34 heavy (non-hydrogen) atoms. The van der Waals surface area contributed by atoms with Crippen molar-refractivity contribution in [3.63, 3.8) is 0 Å². The van der Waals surface area contributed by atoms with Crippen LogP contribution in [0.15, 0.2) is 102 Å². The number of aliphatic carboxylic acids is 1. The van der Waals surface area contributed by atoms with Gasteiger partial charge in [0.1, 0.15) is 0 Å². The molecule has 0 aliphatic rings. The van der Waals surface area contributed by atoms with Crippen molar-refractivity contribution < 1.29 is 19.4 Å². The Labute approximate surface area is 198 Å². The van der Waals surface area contributed by atoms with Crippen LogP contribution in [-0.4, -0.2) is 23.1 Å². The first-order chi connectivity index (χ1) is 16.5. The summed E-state index contributed by atoms with van der Waals surface area (Å²) in [6, 6.07) is 26.1. The fraction of sp³-hybridized carbons (Fsp3) is 0.103. The van der Waals surface area contributed by atoms with Crippen LogP contribution in [0.1, 0.15) is 23.6 Å². The number of carboxylic acid groups (broad SMARTS) is 1. The monoisotopic (exact) mass is 450 g/mol. The number of fused-ring (bicyclic) bond motifs is 1. The number of benzene rings is 3. The number of hydrogen-bond acceptors (Lipinski definition) is 4. The lowest BCUT2D eigenvalue weighted by Gasteiger charge is -2.19. The summed E-state index contributed by atoms with van der Waals surface area (Å²) in [5, 5.41) is 13.4. The molecule has 0 N–H and O–H groups in total. The van der Waals surface area contributed by atoms with E-state index < -0.39 is 11.9 Å². The van der Waals surface area contributed by atoms with E-state index in [2.05, 4.69) is 0 Å². The van der Waals surface area contributed by atoms with E-state index in [9.17, 15) is 14.7 Å². The van der Waals surface area contributed by atoms with Gasteiger partial charge >= 0.3 is 5.97 Å². The predicted molar refractivity (Wildman–Crippen MR) is 131 cm³/mol. The number of rotatable bonds is 7. The second-order valence-corrected chi connectivity index (χ2v) is 7.76. The molecule has 5 heteroatoms. The van der Waals surface area contributed by atoms with Gasteiger partial charge in [0.25, 0.3) is 0 Å². The van der Waals surface area contributed by atoms with Crippen molar-refractivity contribution in [2.75, 3.05) is 6.61 Å². The Balaban J connectivity index is 2.08. The Hall–Kier alpha value is -4.38. The molecule has 0 unspecified atom stereocenters. The van der Waals surface area contributed by atoms with Crippen LogP contribution in [0.5, 0.6) is 0 Å². The molecule has 1 aromatic heterocycles. The van der Waals surface area contributed by atoms with Crippen molar-refractivity contribution in [1.82, 2.24) is 4.57 Å². The summed E-state index contributed by atoms with van der Waals surface area (Å²) >= 11 is 0. The highest BCUT2D eigenvalue weighted by molar-refractivity contribution is 6.16. The largest absolute Gasteiger partial charge is 0.545 e. The Morgan fingerprint density at radius 2 is 1.44 bits per heavy atom. The second kappa shape index (κ2) is 10.0. The highest BCUT2D eigenvalue weighted by Crippen LogP contribution is 2.33. The van der Waals surface area contributed by atoms with Crippen molar-refractivity contribution in [2.45, 2.75) is 6.92 Å². The predicted octanol–water partition coefficient (Wildman–Crippen LogP) is 4.38. The molecule has 1 heterocycles. The SMILES string of the molecule is CCOC(=O)C(=C(c1ccccc1)c1ccccc1)/C(=C/c1cn(C)c2ccccc12)C(=O)[O-]. The first-order valence-electron chi connectivity index (χ1n) is 11.0. The van der Waals surface area contributed by atoms with Crippen molar-refractivity contribution in [3.05, 3.63) is 119 Å². The number of ether oxygens (including phenoxy) is 1. The third-order valence-electron chi connectivity index (χ3n) is 5.57. The maximum atomic E-state index is 13.3. The number of aryl methyl sites for hydroxylation is 1. The van der Waals surface area contributed by atoms with E-state index in [0.717, 1.165) is 10.9 Å². The number of para-hydroxylation sites is 1. The maximum Gasteiger partial charge on any atom is 0.339 e. The molecule has 0 saturated carbocycles. The lowest BCUT2D eigenvalue weighted by atomic mass is 9.88. The van der Waals surface area contributed by atoms with E-state index in [-0.39, 0.29) is 17.8 Å². The van der Waals surface area contributed by atoms with Crippen LogP contribution in [0, 0.1) is 0 Å². The molecule has 5 nitrogen and oxygen atoms in total. The summed E-state index contributed by atoms with van der Waals surface area (Å²) in [5.74, 6) is -2.18. The summed E-state index contributed by atoms with van der Waals surface area (Å²) in [5.41, 5.74) is 3.18. The molecule has 0 spiro atoms. The topological polar surface area (TPSA) is 71.4 Å². The molecule has 0 aliphatic heterocycles. The Kier molecular flexibility index (Phi) is 6.74. The maximum absolute atomic E-state index is 13.3. The summed E-state index contributed by atoms with van der Waals surface area (Å²) in [7, 11) is 1.89. The number of aromatic nitrogens is 1. The highest BCUT2D eigenvalue weighted by atomic mass is 16.5. The first kappa shape index (κ1) is 22.8. The van der Waals surface area contributed by atoms with Gasteiger partial charge in [-0.25, -0.2) is 4.79 Å². The molecule has 0 bridgehead atoms. The molecule has 0 atom stereocenters. The zero-order valence-corrected chi connectivity index (χ0v) is 19.0. The summed E-state index contributed by atoms with van der Waals surface area (Å²) in [6.45, 7) is 1.79. The minimum Gasteiger partial charge on any atom is -0.545 e. The van der Waals surface area contributed by atoms with Crippen LogP contribution >= 0.6 is 0 Å². The van der Waals surface area contributed by atoms with Gasteiger partial charge in [0.2, 0.25) is 0 Å². The van der Waals surface area contributed by atoms with Crippen LogP contribution in [0.3, 0.4) is 0 Å². The number of esters is 1. The van der Waals surface area contributed by atoms with Crippen LogP contribution < -0.4 is 5.11 Å². The minimum absolute atomic E-state index is 0.0489. The zero-order chi connectivity index (χ0) is 24.1. The third kappa shape index (κ3) is 4.55. The van der Waals surface area contributed by atoms with E-state index in [1.807, 2.05) is 103 Å². The Bertz CT molecular complexity index is 1350. The van der Waals surface area contributed by atoms with Crippen LogP contribution in [0.4, 0.5) is 0 Å². The molecule has 4 aromatic rings. The number of nitrogens with zero attached hydrogens (tertiary/aromatic N) is 1. The quantitative estimate of drug-likeness (QED) is 0.238. The summed E-state index contributed by atoms with van der Waals surface area (Å²) in [6.07, 6.45) is 3.33. The molecule has 0 radical (unpaired) electrons. The number of carbonyl (C=O) groups excluding carboxylic acids is 2. The van der Waals surface area contributed by atoms with Gasteiger partial charge in [-0.3, -0.25) is 0 Å². The first-order valence-corrected chi connectivity index (χ1v) is 11.0. The summed E-state index contributed by atoms with van der Waals surface area (Å²) in [4.78, 5) is 25.9. The molecular weight excluding hydrogens is 426 g/mol. The molecule has 4 rings (SSSR count). The van der Waals surface area contributed by atoms with Gasteiger partial charge in [-0.05, 0) is 30.2 Å². The molecule has 0 fully saturated rings. The van der Waals surface area contributed by atoms with Crippen LogP contribution in [0.2, 0.25) is 0 Å². The number of carboxylic acids is 1. The molecule has 0 saturated heterocycles.